The Morgan fingerprint density at radius 2 is 1.68 bits per heavy atom. The van der Waals surface area contributed by atoms with Crippen LogP contribution in [0.15, 0.2) is 85.1 Å². The first-order chi connectivity index (χ1) is 16.6. The minimum atomic E-state index is -0.592. The van der Waals surface area contributed by atoms with Crippen molar-refractivity contribution in [3.63, 3.8) is 0 Å². The summed E-state index contributed by atoms with van der Waals surface area (Å²) in [6.07, 6.45) is 5.52. The molecule has 0 saturated heterocycles. The molecule has 4 rings (SSSR count). The van der Waals surface area contributed by atoms with Crippen LogP contribution in [0.5, 0.6) is 17.2 Å². The van der Waals surface area contributed by atoms with Crippen LogP contribution in [0.1, 0.15) is 15.9 Å². The maximum absolute atomic E-state index is 12.5. The number of hydrogen-bond acceptors (Lipinski definition) is 6. The number of nitrogens with zero attached hydrogens (tertiary/aromatic N) is 2. The molecule has 0 radical (unpaired) electrons. The predicted octanol–water partition coefficient (Wildman–Crippen LogP) is 4.99. The van der Waals surface area contributed by atoms with Gasteiger partial charge in [0.05, 0.1) is 25.6 Å². The number of methoxy groups -OCH3 is 2. The van der Waals surface area contributed by atoms with Gasteiger partial charge in [-0.1, -0.05) is 18.2 Å². The molecule has 34 heavy (non-hydrogen) atoms. The molecule has 0 bridgehead atoms. The van der Waals surface area contributed by atoms with E-state index in [-0.39, 0.29) is 5.75 Å². The lowest BCUT2D eigenvalue weighted by Gasteiger charge is -2.08. The third-order valence-electron chi connectivity index (χ3n) is 5.06. The van der Waals surface area contributed by atoms with Crippen LogP contribution >= 0.6 is 0 Å². The van der Waals surface area contributed by atoms with Crippen LogP contribution < -0.4 is 14.2 Å². The lowest BCUT2D eigenvalue weighted by atomic mass is 10.1. The molecular weight excluding hydrogens is 432 g/mol. The molecule has 0 amide bonds. The highest BCUT2D eigenvalue weighted by Crippen LogP contribution is 2.29. The summed E-state index contributed by atoms with van der Waals surface area (Å²) in [6, 6.07) is 21.8. The highest BCUT2D eigenvalue weighted by molar-refractivity contribution is 5.90. The standard InChI is InChI=1S/C27H22N2O5/c1-32-23-12-9-20(10-13-23)27-21(17-29(28-27)22-6-4-3-5-7-22)11-15-26(31)34-24-14-8-19(18-30)16-25(24)33-2/h3-18H,1-2H3. The summed E-state index contributed by atoms with van der Waals surface area (Å²) in [5, 5.41) is 4.73. The average Bonchev–Trinajstić information content (AvgIpc) is 3.32. The van der Waals surface area contributed by atoms with Crippen molar-refractivity contribution in [2.24, 2.45) is 0 Å². The van der Waals surface area contributed by atoms with Crippen LogP contribution in [0.3, 0.4) is 0 Å². The first-order valence-electron chi connectivity index (χ1n) is 10.4. The fourth-order valence-corrected chi connectivity index (χ4v) is 3.34. The third kappa shape index (κ3) is 5.05. The summed E-state index contributed by atoms with van der Waals surface area (Å²) in [7, 11) is 3.05. The van der Waals surface area contributed by atoms with E-state index in [2.05, 4.69) is 0 Å². The predicted molar refractivity (Wildman–Crippen MR) is 129 cm³/mol. The Bertz CT molecular complexity index is 1330. The Morgan fingerprint density at radius 3 is 2.35 bits per heavy atom. The van der Waals surface area contributed by atoms with Crippen molar-refractivity contribution in [2.45, 2.75) is 0 Å². The van der Waals surface area contributed by atoms with Crippen molar-refractivity contribution < 1.29 is 23.8 Å². The maximum Gasteiger partial charge on any atom is 0.336 e. The lowest BCUT2D eigenvalue weighted by molar-refractivity contribution is -0.129. The zero-order valence-electron chi connectivity index (χ0n) is 18.7. The van der Waals surface area contributed by atoms with E-state index in [1.54, 1.807) is 23.9 Å². The van der Waals surface area contributed by atoms with Gasteiger partial charge < -0.3 is 14.2 Å². The van der Waals surface area contributed by atoms with Gasteiger partial charge in [-0.25, -0.2) is 9.48 Å². The Kier molecular flexibility index (Phi) is 6.84. The van der Waals surface area contributed by atoms with Crippen molar-refractivity contribution in [1.82, 2.24) is 9.78 Å². The topological polar surface area (TPSA) is 79.7 Å². The lowest BCUT2D eigenvalue weighted by Crippen LogP contribution is -2.05. The average molecular weight is 454 g/mol. The summed E-state index contributed by atoms with van der Waals surface area (Å²) < 4.78 is 17.6. The Hall–Kier alpha value is -4.65. The van der Waals surface area contributed by atoms with Crippen LogP contribution in [0, 0.1) is 0 Å². The second-order valence-electron chi connectivity index (χ2n) is 7.22. The van der Waals surface area contributed by atoms with E-state index in [0.717, 1.165) is 22.6 Å². The Morgan fingerprint density at radius 1 is 0.912 bits per heavy atom. The highest BCUT2D eigenvalue weighted by atomic mass is 16.6. The fourth-order valence-electron chi connectivity index (χ4n) is 3.34. The second-order valence-corrected chi connectivity index (χ2v) is 7.22. The summed E-state index contributed by atoms with van der Waals surface area (Å²) in [5.74, 6) is 0.659. The van der Waals surface area contributed by atoms with Crippen molar-refractivity contribution in [1.29, 1.82) is 0 Å². The van der Waals surface area contributed by atoms with Crippen LogP contribution in [-0.4, -0.2) is 36.3 Å². The first kappa shape index (κ1) is 22.5. The molecule has 7 heteroatoms. The monoisotopic (exact) mass is 454 g/mol. The normalized spacial score (nSPS) is 10.8. The van der Waals surface area contributed by atoms with Gasteiger partial charge in [0, 0.05) is 29.0 Å². The highest BCUT2D eigenvalue weighted by Gasteiger charge is 2.13. The number of esters is 1. The van der Waals surface area contributed by atoms with Crippen molar-refractivity contribution >= 4 is 18.3 Å². The maximum atomic E-state index is 12.5. The van der Waals surface area contributed by atoms with Crippen LogP contribution in [0.25, 0.3) is 23.0 Å². The zero-order valence-corrected chi connectivity index (χ0v) is 18.7. The largest absolute Gasteiger partial charge is 0.497 e. The molecule has 7 nitrogen and oxygen atoms in total. The number of rotatable bonds is 8. The molecule has 0 unspecified atom stereocenters. The van der Waals surface area contributed by atoms with E-state index >= 15 is 0 Å². The minimum absolute atomic E-state index is 0.220. The van der Waals surface area contributed by atoms with Gasteiger partial charge in [-0.05, 0) is 60.7 Å². The van der Waals surface area contributed by atoms with Gasteiger partial charge in [0.15, 0.2) is 11.5 Å². The van der Waals surface area contributed by atoms with Crippen molar-refractivity contribution in [2.75, 3.05) is 14.2 Å². The van der Waals surface area contributed by atoms with E-state index in [9.17, 15) is 9.59 Å². The smallest absolute Gasteiger partial charge is 0.336 e. The Labute approximate surface area is 196 Å². The first-order valence-corrected chi connectivity index (χ1v) is 10.4. The molecule has 0 aliphatic carbocycles. The molecule has 170 valence electrons. The number of benzene rings is 3. The summed E-state index contributed by atoms with van der Waals surface area (Å²) >= 11 is 0. The van der Waals surface area contributed by atoms with E-state index in [0.29, 0.717) is 23.3 Å². The van der Waals surface area contributed by atoms with Gasteiger partial charge >= 0.3 is 5.97 Å². The summed E-state index contributed by atoms with van der Waals surface area (Å²) in [6.45, 7) is 0. The number of ether oxygens (including phenoxy) is 3. The quantitative estimate of drug-likeness (QED) is 0.162. The number of carbonyl (C=O) groups is 2. The molecular formula is C27H22N2O5. The number of carbonyl (C=O) groups excluding carboxylic acids is 2. The Balaban J connectivity index is 1.64. The zero-order chi connectivity index (χ0) is 23.9. The molecule has 3 aromatic carbocycles. The SMILES string of the molecule is COc1ccc(-c2nn(-c3ccccc3)cc2C=CC(=O)Oc2ccc(C=O)cc2OC)cc1. The summed E-state index contributed by atoms with van der Waals surface area (Å²) in [4.78, 5) is 23.5. The van der Waals surface area contributed by atoms with Crippen LogP contribution in [0.4, 0.5) is 0 Å². The minimum Gasteiger partial charge on any atom is -0.497 e. The second kappa shape index (κ2) is 10.3. The fraction of sp³-hybridized carbons (Fsp3) is 0.0741. The van der Waals surface area contributed by atoms with Gasteiger partial charge in [0.1, 0.15) is 12.0 Å². The molecule has 0 N–H and O–H groups in total. The molecule has 1 aromatic heterocycles. The van der Waals surface area contributed by atoms with Crippen molar-refractivity contribution in [3.8, 4) is 34.2 Å². The van der Waals surface area contributed by atoms with Gasteiger partial charge in [-0.15, -0.1) is 0 Å². The summed E-state index contributed by atoms with van der Waals surface area (Å²) in [5.41, 5.74) is 3.61. The van der Waals surface area contributed by atoms with Crippen LogP contribution in [-0.2, 0) is 4.79 Å². The van der Waals surface area contributed by atoms with E-state index in [1.807, 2.05) is 60.8 Å². The molecule has 0 aliphatic rings. The number of para-hydroxylation sites is 1. The van der Waals surface area contributed by atoms with Crippen molar-refractivity contribution in [3.05, 3.63) is 96.2 Å². The number of aldehydes is 1. The van der Waals surface area contributed by atoms with Gasteiger partial charge in [-0.2, -0.15) is 5.10 Å². The van der Waals surface area contributed by atoms with E-state index in [1.165, 1.54) is 25.3 Å². The molecule has 4 aromatic rings. The molecule has 0 aliphatic heterocycles. The molecule has 0 saturated carbocycles. The third-order valence-corrected chi connectivity index (χ3v) is 5.06. The van der Waals surface area contributed by atoms with Crippen LogP contribution in [0.2, 0.25) is 0 Å². The molecule has 0 spiro atoms. The van der Waals surface area contributed by atoms with Gasteiger partial charge in [0.2, 0.25) is 0 Å². The van der Waals surface area contributed by atoms with Gasteiger partial charge in [0.25, 0.3) is 0 Å². The van der Waals surface area contributed by atoms with Gasteiger partial charge in [-0.3, -0.25) is 4.79 Å². The van der Waals surface area contributed by atoms with E-state index < -0.39 is 5.97 Å². The number of hydrogen-bond donors (Lipinski definition) is 0. The number of aromatic nitrogens is 2. The molecule has 1 heterocycles. The molecule has 0 fully saturated rings. The van der Waals surface area contributed by atoms with E-state index in [4.69, 9.17) is 19.3 Å². The molecule has 0 atom stereocenters.